The molecule has 0 atom stereocenters. The lowest BCUT2D eigenvalue weighted by molar-refractivity contribution is 0.493. The predicted octanol–water partition coefficient (Wildman–Crippen LogP) is 3.10. The van der Waals surface area contributed by atoms with Crippen LogP contribution in [0.4, 0.5) is 17.6 Å². The Morgan fingerprint density at radius 1 is 1.00 bits per heavy atom. The monoisotopic (exact) mass is 347 g/mol. The van der Waals surface area contributed by atoms with Crippen molar-refractivity contribution in [3.63, 3.8) is 0 Å². The molecule has 132 valence electrons. The molecule has 1 saturated heterocycles. The smallest absolute Gasteiger partial charge is 0.228 e. The Morgan fingerprint density at radius 2 is 1.88 bits per heavy atom. The first-order chi connectivity index (χ1) is 12.8. The molecule has 7 heteroatoms. The SMILES string of the molecule is Cc1cccnc1Nc1nccc(C2CCN(c3cnccn3)CC2)n1. The number of piperidine rings is 1. The van der Waals surface area contributed by atoms with Crippen LogP contribution in [-0.4, -0.2) is 38.0 Å². The molecule has 3 aromatic rings. The average Bonchev–Trinajstić information content (AvgIpc) is 2.71. The highest BCUT2D eigenvalue weighted by atomic mass is 15.2. The zero-order valence-electron chi connectivity index (χ0n) is 14.7. The van der Waals surface area contributed by atoms with Gasteiger partial charge in [-0.2, -0.15) is 0 Å². The second-order valence-corrected chi connectivity index (χ2v) is 6.42. The number of nitrogens with one attached hydrogen (secondary N) is 1. The molecule has 0 saturated carbocycles. The van der Waals surface area contributed by atoms with Gasteiger partial charge in [-0.15, -0.1) is 0 Å². The largest absolute Gasteiger partial charge is 0.355 e. The van der Waals surface area contributed by atoms with E-state index in [0.717, 1.165) is 48.8 Å². The van der Waals surface area contributed by atoms with Gasteiger partial charge in [0.2, 0.25) is 5.95 Å². The van der Waals surface area contributed by atoms with Gasteiger partial charge in [0.1, 0.15) is 11.6 Å². The van der Waals surface area contributed by atoms with Crippen LogP contribution < -0.4 is 10.2 Å². The summed E-state index contributed by atoms with van der Waals surface area (Å²) in [5.74, 6) is 2.76. The molecule has 0 radical (unpaired) electrons. The van der Waals surface area contributed by atoms with Crippen LogP contribution in [-0.2, 0) is 0 Å². The summed E-state index contributed by atoms with van der Waals surface area (Å²) in [6, 6.07) is 5.95. The van der Waals surface area contributed by atoms with E-state index in [-0.39, 0.29) is 0 Å². The van der Waals surface area contributed by atoms with Crippen molar-refractivity contribution < 1.29 is 0 Å². The zero-order chi connectivity index (χ0) is 17.8. The summed E-state index contributed by atoms with van der Waals surface area (Å²) in [5, 5.41) is 3.22. The Hall–Kier alpha value is -3.09. The number of aromatic nitrogens is 5. The molecule has 1 aliphatic rings. The molecule has 0 bridgehead atoms. The quantitative estimate of drug-likeness (QED) is 0.777. The molecule has 0 aromatic carbocycles. The predicted molar refractivity (Wildman–Crippen MR) is 101 cm³/mol. The summed E-state index contributed by atoms with van der Waals surface area (Å²) in [7, 11) is 0. The normalized spacial score (nSPS) is 15.0. The van der Waals surface area contributed by atoms with Crippen LogP contribution >= 0.6 is 0 Å². The lowest BCUT2D eigenvalue weighted by Gasteiger charge is -2.32. The maximum absolute atomic E-state index is 4.72. The van der Waals surface area contributed by atoms with Crippen molar-refractivity contribution in [1.82, 2.24) is 24.9 Å². The van der Waals surface area contributed by atoms with Crippen LogP contribution in [0.25, 0.3) is 0 Å². The Balaban J connectivity index is 1.44. The number of nitrogens with zero attached hydrogens (tertiary/aromatic N) is 6. The van der Waals surface area contributed by atoms with Gasteiger partial charge in [0, 0.05) is 49.5 Å². The Kier molecular flexibility index (Phi) is 4.68. The molecule has 4 rings (SSSR count). The molecular weight excluding hydrogens is 326 g/mol. The maximum atomic E-state index is 4.72. The van der Waals surface area contributed by atoms with Crippen molar-refractivity contribution in [2.24, 2.45) is 0 Å². The molecule has 0 unspecified atom stereocenters. The van der Waals surface area contributed by atoms with E-state index in [1.807, 2.05) is 37.5 Å². The van der Waals surface area contributed by atoms with Gasteiger partial charge in [0.25, 0.3) is 0 Å². The minimum Gasteiger partial charge on any atom is -0.355 e. The van der Waals surface area contributed by atoms with Crippen LogP contribution in [0.5, 0.6) is 0 Å². The molecule has 7 nitrogen and oxygen atoms in total. The molecule has 0 amide bonds. The van der Waals surface area contributed by atoms with Crippen LogP contribution in [0.1, 0.15) is 30.0 Å². The van der Waals surface area contributed by atoms with Gasteiger partial charge in [-0.3, -0.25) is 4.98 Å². The van der Waals surface area contributed by atoms with E-state index in [4.69, 9.17) is 4.98 Å². The van der Waals surface area contributed by atoms with Gasteiger partial charge in [-0.25, -0.2) is 19.9 Å². The van der Waals surface area contributed by atoms with Gasteiger partial charge in [0.15, 0.2) is 0 Å². The number of anilines is 3. The Morgan fingerprint density at radius 3 is 2.65 bits per heavy atom. The molecule has 1 fully saturated rings. The molecule has 1 N–H and O–H groups in total. The molecule has 4 heterocycles. The fourth-order valence-electron chi connectivity index (χ4n) is 3.24. The van der Waals surface area contributed by atoms with Crippen molar-refractivity contribution in [2.75, 3.05) is 23.3 Å². The van der Waals surface area contributed by atoms with E-state index in [9.17, 15) is 0 Å². The maximum Gasteiger partial charge on any atom is 0.228 e. The summed E-state index contributed by atoms with van der Waals surface area (Å²) >= 11 is 0. The van der Waals surface area contributed by atoms with Crippen molar-refractivity contribution in [3.8, 4) is 0 Å². The minimum atomic E-state index is 0.427. The van der Waals surface area contributed by atoms with Crippen molar-refractivity contribution in [2.45, 2.75) is 25.7 Å². The zero-order valence-corrected chi connectivity index (χ0v) is 14.7. The molecule has 0 spiro atoms. The molecular formula is C19H21N7. The van der Waals surface area contributed by atoms with Gasteiger partial charge in [-0.05, 0) is 37.5 Å². The summed E-state index contributed by atoms with van der Waals surface area (Å²) in [6.07, 6.45) is 10.9. The molecule has 1 aliphatic heterocycles. The van der Waals surface area contributed by atoms with Crippen LogP contribution in [0.3, 0.4) is 0 Å². The summed E-state index contributed by atoms with van der Waals surface area (Å²) in [4.78, 5) is 24.2. The van der Waals surface area contributed by atoms with Crippen molar-refractivity contribution in [1.29, 1.82) is 0 Å². The number of pyridine rings is 1. The first kappa shape index (κ1) is 16.4. The highest BCUT2D eigenvalue weighted by Gasteiger charge is 2.23. The number of hydrogen-bond acceptors (Lipinski definition) is 7. The van der Waals surface area contributed by atoms with Gasteiger partial charge < -0.3 is 10.2 Å². The lowest BCUT2D eigenvalue weighted by atomic mass is 9.93. The topological polar surface area (TPSA) is 79.7 Å². The van der Waals surface area contributed by atoms with Crippen LogP contribution in [0, 0.1) is 6.92 Å². The third kappa shape index (κ3) is 3.61. The molecule has 3 aromatic heterocycles. The van der Waals surface area contributed by atoms with E-state index in [1.54, 1.807) is 18.6 Å². The second kappa shape index (κ2) is 7.43. The average molecular weight is 347 g/mol. The van der Waals surface area contributed by atoms with Gasteiger partial charge in [-0.1, -0.05) is 6.07 Å². The summed E-state index contributed by atoms with van der Waals surface area (Å²) in [6.45, 7) is 3.92. The van der Waals surface area contributed by atoms with Gasteiger partial charge in [0.05, 0.1) is 6.20 Å². The van der Waals surface area contributed by atoms with Crippen LogP contribution in [0.15, 0.2) is 49.2 Å². The first-order valence-electron chi connectivity index (χ1n) is 8.82. The van der Waals surface area contributed by atoms with E-state index in [2.05, 4.69) is 30.2 Å². The number of rotatable bonds is 4. The number of aryl methyl sites for hydroxylation is 1. The lowest BCUT2D eigenvalue weighted by Crippen LogP contribution is -2.33. The minimum absolute atomic E-state index is 0.427. The van der Waals surface area contributed by atoms with E-state index in [1.165, 1.54) is 0 Å². The number of hydrogen-bond donors (Lipinski definition) is 1. The molecule has 26 heavy (non-hydrogen) atoms. The van der Waals surface area contributed by atoms with Crippen molar-refractivity contribution >= 4 is 17.6 Å². The van der Waals surface area contributed by atoms with Crippen LogP contribution in [0.2, 0.25) is 0 Å². The summed E-state index contributed by atoms with van der Waals surface area (Å²) < 4.78 is 0. The molecule has 0 aliphatic carbocycles. The summed E-state index contributed by atoms with van der Waals surface area (Å²) in [5.41, 5.74) is 2.15. The Bertz CT molecular complexity index is 861. The first-order valence-corrected chi connectivity index (χ1v) is 8.82. The highest BCUT2D eigenvalue weighted by molar-refractivity contribution is 5.52. The third-order valence-corrected chi connectivity index (χ3v) is 4.70. The highest BCUT2D eigenvalue weighted by Crippen LogP contribution is 2.29. The van der Waals surface area contributed by atoms with Gasteiger partial charge >= 0.3 is 0 Å². The van der Waals surface area contributed by atoms with E-state index >= 15 is 0 Å². The van der Waals surface area contributed by atoms with Crippen molar-refractivity contribution in [3.05, 3.63) is 60.4 Å². The fraction of sp³-hybridized carbons (Fsp3) is 0.316. The fourth-order valence-corrected chi connectivity index (χ4v) is 3.24. The third-order valence-electron chi connectivity index (χ3n) is 4.70. The Labute approximate surface area is 152 Å². The van der Waals surface area contributed by atoms with E-state index < -0.39 is 0 Å². The van der Waals surface area contributed by atoms with E-state index in [0.29, 0.717) is 11.9 Å². The second-order valence-electron chi connectivity index (χ2n) is 6.42. The standard InChI is InChI=1S/C19H21N7/c1-14-3-2-7-22-18(14)25-19-23-8-4-16(24-19)15-5-11-26(12-6-15)17-13-20-9-10-21-17/h2-4,7-10,13,15H,5-6,11-12H2,1H3,(H,22,23,24,25).